The molecule has 1 unspecified atom stereocenters. The summed E-state index contributed by atoms with van der Waals surface area (Å²) < 4.78 is 6.00. The first-order chi connectivity index (χ1) is 10.2. The molecule has 1 aromatic carbocycles. The van der Waals surface area contributed by atoms with Crippen LogP contribution in [0, 0.1) is 0 Å². The third-order valence-corrected chi connectivity index (χ3v) is 3.92. The molecule has 3 rings (SSSR count). The molecule has 2 aromatic rings. The van der Waals surface area contributed by atoms with Crippen molar-refractivity contribution < 1.29 is 9.53 Å². The number of amides is 1. The van der Waals surface area contributed by atoms with Gasteiger partial charge in [-0.2, -0.15) is 4.98 Å². The van der Waals surface area contributed by atoms with Crippen LogP contribution in [0.15, 0.2) is 41.7 Å². The molecular weight excluding hydrogens is 286 g/mol. The molecule has 1 aliphatic heterocycles. The molecule has 1 amide bonds. The number of fused-ring (bicyclic) bond motifs is 1. The van der Waals surface area contributed by atoms with E-state index in [9.17, 15) is 4.79 Å². The molecule has 2 heterocycles. The lowest BCUT2D eigenvalue weighted by Crippen LogP contribution is -2.29. The molecule has 1 aliphatic rings. The van der Waals surface area contributed by atoms with Crippen LogP contribution in [0.2, 0.25) is 0 Å². The zero-order valence-corrected chi connectivity index (χ0v) is 12.6. The largest absolute Gasteiger partial charge is 0.467 e. The van der Waals surface area contributed by atoms with Gasteiger partial charge in [-0.1, -0.05) is 42.1 Å². The van der Waals surface area contributed by atoms with Gasteiger partial charge in [0.15, 0.2) is 5.16 Å². The van der Waals surface area contributed by atoms with Gasteiger partial charge in [0.1, 0.15) is 11.7 Å². The second kappa shape index (κ2) is 5.73. The maximum atomic E-state index is 12.4. The second-order valence-electron chi connectivity index (χ2n) is 4.78. The Morgan fingerprint density at radius 3 is 2.81 bits per heavy atom. The highest BCUT2D eigenvalue weighted by Gasteiger charge is 2.29. The summed E-state index contributed by atoms with van der Waals surface area (Å²) in [4.78, 5) is 22.5. The van der Waals surface area contributed by atoms with Crippen molar-refractivity contribution in [3.63, 3.8) is 0 Å². The van der Waals surface area contributed by atoms with E-state index in [2.05, 4.69) is 9.97 Å². The van der Waals surface area contributed by atoms with Crippen LogP contribution in [0.25, 0.3) is 0 Å². The summed E-state index contributed by atoms with van der Waals surface area (Å²) in [5.41, 5.74) is 1.43. The molecule has 0 N–H and O–H groups in total. The van der Waals surface area contributed by atoms with Crippen molar-refractivity contribution in [1.29, 1.82) is 0 Å². The Kier molecular flexibility index (Phi) is 3.79. The van der Waals surface area contributed by atoms with Crippen molar-refractivity contribution in [2.45, 2.75) is 11.3 Å². The molecule has 21 heavy (non-hydrogen) atoms. The van der Waals surface area contributed by atoms with Crippen molar-refractivity contribution in [1.82, 2.24) is 14.9 Å². The smallest absolute Gasteiger partial charge is 0.260 e. The van der Waals surface area contributed by atoms with Gasteiger partial charge < -0.3 is 9.64 Å². The zero-order chi connectivity index (χ0) is 14.8. The Morgan fingerprint density at radius 2 is 2.10 bits per heavy atom. The minimum absolute atomic E-state index is 0.115. The van der Waals surface area contributed by atoms with Crippen molar-refractivity contribution in [2.75, 3.05) is 19.8 Å². The van der Waals surface area contributed by atoms with Crippen LogP contribution < -0.4 is 4.74 Å². The molecule has 0 spiro atoms. The number of benzene rings is 1. The van der Waals surface area contributed by atoms with E-state index in [1.807, 2.05) is 36.6 Å². The third kappa shape index (κ3) is 2.71. The minimum atomic E-state index is -0.231. The lowest BCUT2D eigenvalue weighted by atomic mass is 10.1. The Bertz CT molecular complexity index is 663. The van der Waals surface area contributed by atoms with Gasteiger partial charge in [-0.3, -0.25) is 4.79 Å². The summed E-state index contributed by atoms with van der Waals surface area (Å²) in [6.07, 6.45) is 3.20. The van der Waals surface area contributed by atoms with Crippen LogP contribution in [0.4, 0.5) is 0 Å². The van der Waals surface area contributed by atoms with E-state index in [0.29, 0.717) is 23.1 Å². The van der Waals surface area contributed by atoms with Gasteiger partial charge in [-0.05, 0) is 11.8 Å². The summed E-state index contributed by atoms with van der Waals surface area (Å²) in [7, 11) is 1.76. The number of rotatable bonds is 2. The quantitative estimate of drug-likeness (QED) is 0.630. The highest BCUT2D eigenvalue weighted by molar-refractivity contribution is 7.98. The molecule has 0 saturated heterocycles. The molecular formula is C15H15N3O2S. The molecule has 1 aromatic heterocycles. The van der Waals surface area contributed by atoms with E-state index in [-0.39, 0.29) is 12.0 Å². The lowest BCUT2D eigenvalue weighted by Gasteiger charge is -2.20. The van der Waals surface area contributed by atoms with E-state index in [1.165, 1.54) is 11.8 Å². The number of nitrogens with zero attached hydrogens (tertiary/aromatic N) is 3. The van der Waals surface area contributed by atoms with Gasteiger partial charge in [0.05, 0.1) is 6.54 Å². The van der Waals surface area contributed by atoms with Crippen molar-refractivity contribution in [3.05, 3.63) is 47.7 Å². The molecule has 6 heteroatoms. The summed E-state index contributed by atoms with van der Waals surface area (Å²) in [6, 6.07) is 9.85. The Hall–Kier alpha value is -2.08. The van der Waals surface area contributed by atoms with E-state index in [0.717, 1.165) is 5.56 Å². The monoisotopic (exact) mass is 301 g/mol. The van der Waals surface area contributed by atoms with Crippen molar-refractivity contribution in [2.24, 2.45) is 0 Å². The fourth-order valence-corrected chi connectivity index (χ4v) is 2.57. The lowest BCUT2D eigenvalue weighted by molar-refractivity contribution is 0.0760. The Balaban J connectivity index is 2.03. The number of thioether (sulfide) groups is 1. The summed E-state index contributed by atoms with van der Waals surface area (Å²) in [6.45, 7) is 0.480. The molecule has 0 bridgehead atoms. The van der Waals surface area contributed by atoms with Gasteiger partial charge in [-0.25, -0.2) is 4.98 Å². The predicted molar refractivity (Wildman–Crippen MR) is 80.6 cm³/mol. The number of carbonyl (C=O) groups excluding carboxylic acids is 1. The van der Waals surface area contributed by atoms with Gasteiger partial charge in [0.25, 0.3) is 5.91 Å². The highest BCUT2D eigenvalue weighted by atomic mass is 32.2. The maximum Gasteiger partial charge on any atom is 0.260 e. The van der Waals surface area contributed by atoms with Gasteiger partial charge in [-0.15, -0.1) is 0 Å². The summed E-state index contributed by atoms with van der Waals surface area (Å²) >= 11 is 1.42. The molecule has 1 atom stereocenters. The van der Waals surface area contributed by atoms with E-state index < -0.39 is 0 Å². The number of hydrogen-bond acceptors (Lipinski definition) is 5. The van der Waals surface area contributed by atoms with Crippen molar-refractivity contribution in [3.8, 4) is 5.88 Å². The standard InChI is InChI=1S/C15H15N3O2S/c1-18-9-12(10-6-4-3-5-7-10)20-13-11(14(18)19)8-16-15(17-13)21-2/h3-8,12H,9H2,1-2H3. The number of carbonyl (C=O) groups is 1. The SMILES string of the molecule is CSc1ncc2c(n1)OC(c1ccccc1)CN(C)C2=O. The van der Waals surface area contributed by atoms with Crippen LogP contribution in [0.1, 0.15) is 22.0 Å². The first-order valence-electron chi connectivity index (χ1n) is 6.57. The van der Waals surface area contributed by atoms with E-state index in [1.54, 1.807) is 18.1 Å². The normalized spacial score (nSPS) is 17.9. The third-order valence-electron chi connectivity index (χ3n) is 3.36. The van der Waals surface area contributed by atoms with Crippen molar-refractivity contribution >= 4 is 17.7 Å². The van der Waals surface area contributed by atoms with Gasteiger partial charge >= 0.3 is 0 Å². The number of hydrogen-bond donors (Lipinski definition) is 0. The molecule has 0 aliphatic carbocycles. The highest BCUT2D eigenvalue weighted by Crippen LogP contribution is 2.29. The molecule has 5 nitrogen and oxygen atoms in total. The predicted octanol–water partition coefficient (Wildman–Crippen LogP) is 2.40. The average molecular weight is 301 g/mol. The molecule has 0 radical (unpaired) electrons. The molecule has 0 fully saturated rings. The van der Waals surface area contributed by atoms with E-state index in [4.69, 9.17) is 4.74 Å². The maximum absolute atomic E-state index is 12.4. The fraction of sp³-hybridized carbons (Fsp3) is 0.267. The van der Waals surface area contributed by atoms with Crippen LogP contribution in [0.3, 0.4) is 0 Å². The summed E-state index contributed by atoms with van der Waals surface area (Å²) in [5, 5.41) is 0.595. The van der Waals surface area contributed by atoms with Crippen LogP contribution in [-0.2, 0) is 0 Å². The first-order valence-corrected chi connectivity index (χ1v) is 7.79. The van der Waals surface area contributed by atoms with Crippen LogP contribution >= 0.6 is 11.8 Å². The van der Waals surface area contributed by atoms with Gasteiger partial charge in [0.2, 0.25) is 5.88 Å². The zero-order valence-electron chi connectivity index (χ0n) is 11.8. The number of aromatic nitrogens is 2. The molecule has 108 valence electrons. The Labute approximate surface area is 127 Å². The molecule has 0 saturated carbocycles. The topological polar surface area (TPSA) is 55.3 Å². The van der Waals surface area contributed by atoms with Crippen LogP contribution in [0.5, 0.6) is 5.88 Å². The Morgan fingerprint density at radius 1 is 1.33 bits per heavy atom. The van der Waals surface area contributed by atoms with Crippen LogP contribution in [-0.4, -0.2) is 40.6 Å². The number of ether oxygens (including phenoxy) is 1. The first kappa shape index (κ1) is 13.9. The fourth-order valence-electron chi connectivity index (χ4n) is 2.24. The second-order valence-corrected chi connectivity index (χ2v) is 5.55. The van der Waals surface area contributed by atoms with Gasteiger partial charge in [0, 0.05) is 13.2 Å². The van der Waals surface area contributed by atoms with E-state index >= 15 is 0 Å². The minimum Gasteiger partial charge on any atom is -0.467 e. The summed E-state index contributed by atoms with van der Waals surface area (Å²) in [5.74, 6) is 0.244. The average Bonchev–Trinajstić information content (AvgIpc) is 2.65. The number of likely N-dealkylation sites (N-methyl/N-ethyl adjacent to an activating group) is 1.